The number of carboxylic acid groups (broad SMARTS) is 1. The highest BCUT2D eigenvalue weighted by molar-refractivity contribution is 5.94. The fourth-order valence-electron chi connectivity index (χ4n) is 11.0. The van der Waals surface area contributed by atoms with Crippen LogP contribution in [0.4, 0.5) is 0 Å². The van der Waals surface area contributed by atoms with E-state index in [1.165, 1.54) is 18.2 Å². The summed E-state index contributed by atoms with van der Waals surface area (Å²) in [6.45, 7) is 12.3. The van der Waals surface area contributed by atoms with Crippen LogP contribution in [0.15, 0.2) is 171 Å². The normalized spacial score (nSPS) is 15.6. The number of aryl methyl sites for hydroxylation is 2. The first-order valence-electron chi connectivity index (χ1n) is 27.1. The molecule has 2 aliphatic heterocycles. The van der Waals surface area contributed by atoms with Gasteiger partial charge in [-0.15, -0.1) is 0 Å². The standard InChI is InChI=1S/C32H33N5O3.C31H31N5O3/c1-3-36-22-33-18-26(36)20-37-30-17-24(32(38)39-2)12-13-29(30)34-31(37)21-35-15-14-25(19-35)23-8-7-11-28(16-23)40-27-9-5-4-6-10-27;1-2-35-21-32-17-25(35)19-36-29-16-23(31(37)38)11-12-28(29)33-30(36)20-34-14-13-24(18-34)22-7-6-10-27(15-22)39-26-8-4-3-5-9-26/h4-13,16-18,22,25H,3,14-15,19-21H2,1-2H3;3-12,15-17,21,24H,2,13-14,18-20H2,1H3,(H,37,38). The molecule has 2 atom stereocenters. The lowest BCUT2D eigenvalue weighted by atomic mass is 9.98. The van der Waals surface area contributed by atoms with Crippen LogP contribution in [0.2, 0.25) is 0 Å². The van der Waals surface area contributed by atoms with Crippen molar-refractivity contribution in [1.29, 1.82) is 0 Å². The number of hydrogen-bond donors (Lipinski definition) is 1. The van der Waals surface area contributed by atoms with E-state index in [2.05, 4.69) is 88.3 Å². The highest BCUT2D eigenvalue weighted by Crippen LogP contribution is 2.34. The van der Waals surface area contributed by atoms with Crippen molar-refractivity contribution < 1.29 is 28.9 Å². The second-order valence-corrected chi connectivity index (χ2v) is 20.2. The van der Waals surface area contributed by atoms with Crippen molar-refractivity contribution in [3.63, 3.8) is 0 Å². The highest BCUT2D eigenvalue weighted by atomic mass is 16.5. The Morgan fingerprint density at radius 3 is 1.46 bits per heavy atom. The van der Waals surface area contributed by atoms with E-state index in [1.54, 1.807) is 24.3 Å². The maximum absolute atomic E-state index is 12.3. The number of nitrogens with zero attached hydrogens (tertiary/aromatic N) is 10. The lowest BCUT2D eigenvalue weighted by molar-refractivity contribution is 0.0600. The molecule has 2 unspecified atom stereocenters. The Morgan fingerprint density at radius 1 is 0.544 bits per heavy atom. The van der Waals surface area contributed by atoms with Gasteiger partial charge >= 0.3 is 11.9 Å². The van der Waals surface area contributed by atoms with Crippen LogP contribution in [0.5, 0.6) is 23.0 Å². The molecule has 0 bridgehead atoms. The van der Waals surface area contributed by atoms with Crippen LogP contribution in [0, 0.1) is 0 Å². The monoisotopic (exact) mass is 1060 g/mol. The van der Waals surface area contributed by atoms with Crippen LogP contribution in [0.1, 0.15) is 93.4 Å². The molecule has 1 N–H and O–H groups in total. The number of methoxy groups -OCH3 is 1. The summed E-state index contributed by atoms with van der Waals surface area (Å²) in [5.74, 6) is 4.82. The van der Waals surface area contributed by atoms with E-state index in [1.807, 2.05) is 110 Å². The second-order valence-electron chi connectivity index (χ2n) is 20.2. The molecule has 0 saturated carbocycles. The Hall–Kier alpha value is -8.86. The number of likely N-dealkylation sites (tertiary alicyclic amines) is 2. The smallest absolute Gasteiger partial charge is 0.337 e. The van der Waals surface area contributed by atoms with Gasteiger partial charge in [0.1, 0.15) is 34.6 Å². The fraction of sp³-hybridized carbons (Fsp3) is 0.270. The van der Waals surface area contributed by atoms with Crippen molar-refractivity contribution >= 4 is 34.0 Å². The number of rotatable bonds is 18. The fourth-order valence-corrected chi connectivity index (χ4v) is 11.0. The molecule has 10 aromatic rings. The molecule has 12 rings (SSSR count). The van der Waals surface area contributed by atoms with Gasteiger partial charge in [-0.3, -0.25) is 9.80 Å². The Labute approximate surface area is 459 Å². The SMILES string of the molecule is CCn1cncc1Cn1c(CN2CCC(c3cccc(Oc4ccccc4)c3)C2)nc2ccc(C(=O)O)cc21.CCn1cncc1Cn1c(CN2CCC(c3cccc(Oc4ccccc4)c3)C2)nc2ccc(C(=O)OC)cc21. The van der Waals surface area contributed by atoms with E-state index in [9.17, 15) is 14.7 Å². The molecule has 79 heavy (non-hydrogen) atoms. The molecule has 6 aromatic carbocycles. The summed E-state index contributed by atoms with van der Waals surface area (Å²) >= 11 is 0. The molecule has 2 aliphatic rings. The molecule has 0 amide bonds. The lowest BCUT2D eigenvalue weighted by Gasteiger charge is -2.18. The van der Waals surface area contributed by atoms with Gasteiger partial charge in [0.2, 0.25) is 0 Å². The van der Waals surface area contributed by atoms with E-state index in [4.69, 9.17) is 24.2 Å². The molecule has 6 heterocycles. The van der Waals surface area contributed by atoms with Crippen molar-refractivity contribution in [2.75, 3.05) is 33.3 Å². The van der Waals surface area contributed by atoms with Gasteiger partial charge in [0.05, 0.1) is 90.5 Å². The maximum atomic E-state index is 12.3. The number of benzene rings is 6. The third-order valence-electron chi connectivity index (χ3n) is 15.1. The van der Waals surface area contributed by atoms with E-state index in [0.29, 0.717) is 37.0 Å². The maximum Gasteiger partial charge on any atom is 0.337 e. The van der Waals surface area contributed by atoms with Crippen LogP contribution in [0.25, 0.3) is 22.1 Å². The molecule has 16 nitrogen and oxygen atoms in total. The van der Waals surface area contributed by atoms with Crippen molar-refractivity contribution in [2.45, 2.75) is 77.8 Å². The molecule has 2 saturated heterocycles. The van der Waals surface area contributed by atoms with Gasteiger partial charge in [-0.2, -0.15) is 0 Å². The van der Waals surface area contributed by atoms with Crippen molar-refractivity contribution in [3.05, 3.63) is 216 Å². The quantitative estimate of drug-likeness (QED) is 0.0812. The molecule has 0 spiro atoms. The number of hydrogen-bond acceptors (Lipinski definition) is 11. The number of aromatic carboxylic acids is 1. The largest absolute Gasteiger partial charge is 0.478 e. The first kappa shape index (κ1) is 52.2. The Bertz CT molecular complexity index is 3720. The number of carbonyl (C=O) groups excluding carboxylic acids is 1. The summed E-state index contributed by atoms with van der Waals surface area (Å²) in [6.07, 6.45) is 9.59. The third kappa shape index (κ3) is 12.0. The van der Waals surface area contributed by atoms with Crippen molar-refractivity contribution in [2.24, 2.45) is 0 Å². The van der Waals surface area contributed by atoms with Gasteiger partial charge in [-0.1, -0.05) is 60.7 Å². The first-order chi connectivity index (χ1) is 38.7. The predicted octanol–water partition coefficient (Wildman–Crippen LogP) is 11.7. The topological polar surface area (TPSA) is 160 Å². The van der Waals surface area contributed by atoms with E-state index >= 15 is 0 Å². The van der Waals surface area contributed by atoms with Crippen LogP contribution >= 0.6 is 0 Å². The third-order valence-corrected chi connectivity index (χ3v) is 15.1. The summed E-state index contributed by atoms with van der Waals surface area (Å²) < 4.78 is 25.7. The Balaban J connectivity index is 0.000000167. The molecular formula is C63H64N10O6. The van der Waals surface area contributed by atoms with E-state index in [0.717, 1.165) is 127 Å². The van der Waals surface area contributed by atoms with Gasteiger partial charge in [-0.25, -0.2) is 29.5 Å². The van der Waals surface area contributed by atoms with Crippen molar-refractivity contribution in [1.82, 2.24) is 48.0 Å². The Morgan fingerprint density at radius 2 is 1.00 bits per heavy atom. The summed E-state index contributed by atoms with van der Waals surface area (Å²) in [6, 6.07) is 47.3. The minimum absolute atomic E-state index is 0.262. The van der Waals surface area contributed by atoms with Gasteiger partial charge in [-0.05, 0) is 148 Å². The number of esters is 1. The summed E-state index contributed by atoms with van der Waals surface area (Å²) in [7, 11) is 1.41. The van der Waals surface area contributed by atoms with Crippen LogP contribution in [-0.4, -0.2) is 98.3 Å². The minimum atomic E-state index is -0.939. The zero-order valence-electron chi connectivity index (χ0n) is 44.8. The first-order valence-corrected chi connectivity index (χ1v) is 27.1. The lowest BCUT2D eigenvalue weighted by Crippen LogP contribution is -2.23. The minimum Gasteiger partial charge on any atom is -0.478 e. The average Bonchev–Trinajstić information content (AvgIpc) is 4.43. The number of fused-ring (bicyclic) bond motifs is 2. The molecule has 16 heteroatoms. The number of ether oxygens (including phenoxy) is 3. The molecule has 0 aliphatic carbocycles. The zero-order valence-corrected chi connectivity index (χ0v) is 44.8. The summed E-state index contributed by atoms with van der Waals surface area (Å²) in [5, 5.41) is 9.59. The van der Waals surface area contributed by atoms with Crippen LogP contribution < -0.4 is 9.47 Å². The predicted molar refractivity (Wildman–Crippen MR) is 303 cm³/mol. The number of aromatic nitrogens is 8. The molecule has 402 valence electrons. The number of imidazole rings is 4. The van der Waals surface area contributed by atoms with Gasteiger partial charge in [0.25, 0.3) is 0 Å². The van der Waals surface area contributed by atoms with Crippen LogP contribution in [-0.2, 0) is 44.0 Å². The van der Waals surface area contributed by atoms with Crippen LogP contribution in [0.3, 0.4) is 0 Å². The van der Waals surface area contributed by atoms with E-state index in [-0.39, 0.29) is 11.5 Å². The number of carboxylic acids is 1. The van der Waals surface area contributed by atoms with Gasteiger partial charge in [0, 0.05) is 38.6 Å². The summed E-state index contributed by atoms with van der Waals surface area (Å²) in [5.41, 5.74) is 8.93. The average molecular weight is 1060 g/mol. The Kier molecular flexibility index (Phi) is 15.7. The number of carbonyl (C=O) groups is 2. The molecular weight excluding hydrogens is 993 g/mol. The van der Waals surface area contributed by atoms with Crippen molar-refractivity contribution in [3.8, 4) is 23.0 Å². The summed E-state index contributed by atoms with van der Waals surface area (Å²) in [4.78, 5) is 47.5. The molecule has 0 radical (unpaired) electrons. The van der Waals surface area contributed by atoms with Gasteiger partial charge < -0.3 is 37.6 Å². The highest BCUT2D eigenvalue weighted by Gasteiger charge is 2.28. The number of para-hydroxylation sites is 2. The van der Waals surface area contributed by atoms with E-state index < -0.39 is 5.97 Å². The molecule has 4 aromatic heterocycles. The second kappa shape index (κ2) is 23.8. The zero-order chi connectivity index (χ0) is 54.2. The van der Waals surface area contributed by atoms with Gasteiger partial charge in [0.15, 0.2) is 0 Å². The molecule has 2 fully saturated rings.